The third kappa shape index (κ3) is 4.64. The predicted molar refractivity (Wildman–Crippen MR) is 95.7 cm³/mol. The molecule has 0 aliphatic heterocycles. The number of halogens is 2. The van der Waals surface area contributed by atoms with Crippen LogP contribution in [0.5, 0.6) is 0 Å². The van der Waals surface area contributed by atoms with Gasteiger partial charge in [-0.05, 0) is 36.8 Å². The van der Waals surface area contributed by atoms with Crippen molar-refractivity contribution in [1.29, 1.82) is 5.26 Å². The van der Waals surface area contributed by atoms with Crippen LogP contribution in [0.1, 0.15) is 25.5 Å². The number of hydrogen-bond donors (Lipinski definition) is 1. The van der Waals surface area contributed by atoms with Gasteiger partial charge in [0.05, 0.1) is 5.02 Å². The highest BCUT2D eigenvalue weighted by Gasteiger charge is 2.12. The van der Waals surface area contributed by atoms with Crippen molar-refractivity contribution in [3.8, 4) is 17.4 Å². The number of rotatable bonds is 6. The summed E-state index contributed by atoms with van der Waals surface area (Å²) in [4.78, 5) is 11.9. The number of amides is 1. The highest BCUT2D eigenvalue weighted by Crippen LogP contribution is 2.32. The zero-order valence-electron chi connectivity index (χ0n) is 13.1. The van der Waals surface area contributed by atoms with Crippen LogP contribution >= 0.6 is 23.2 Å². The Morgan fingerprint density at radius 2 is 2.12 bits per heavy atom. The fraction of sp³-hybridized carbons (Fsp3) is 0.222. The van der Waals surface area contributed by atoms with Gasteiger partial charge in [0.15, 0.2) is 0 Å². The summed E-state index contributed by atoms with van der Waals surface area (Å²) >= 11 is 12.1. The second-order valence-electron chi connectivity index (χ2n) is 5.11. The van der Waals surface area contributed by atoms with Crippen LogP contribution in [0, 0.1) is 11.3 Å². The van der Waals surface area contributed by atoms with Crippen LogP contribution in [0.15, 0.2) is 40.3 Å². The minimum Gasteiger partial charge on any atom is -0.457 e. The van der Waals surface area contributed by atoms with Gasteiger partial charge in [0, 0.05) is 23.2 Å². The fourth-order valence-corrected chi connectivity index (χ4v) is 2.41. The minimum absolute atomic E-state index is 0.0100. The summed E-state index contributed by atoms with van der Waals surface area (Å²) in [5.74, 6) is 0.491. The molecule has 0 radical (unpaired) electrons. The monoisotopic (exact) mass is 362 g/mol. The number of nitrogens with zero attached hydrogens (tertiary/aromatic N) is 1. The molecule has 0 atom stereocenters. The predicted octanol–water partition coefficient (Wildman–Crippen LogP) is 5.08. The summed E-state index contributed by atoms with van der Waals surface area (Å²) in [5, 5.41) is 12.9. The lowest BCUT2D eigenvalue weighted by atomic mass is 10.2. The molecule has 0 aliphatic carbocycles. The number of hydrogen-bond acceptors (Lipinski definition) is 3. The maximum absolute atomic E-state index is 11.9. The van der Waals surface area contributed by atoms with Crippen molar-refractivity contribution in [1.82, 2.24) is 5.32 Å². The number of nitrogens with one attached hydrogen (secondary N) is 1. The zero-order valence-corrected chi connectivity index (χ0v) is 14.6. The van der Waals surface area contributed by atoms with Crippen molar-refractivity contribution in [2.75, 3.05) is 6.54 Å². The Kier molecular flexibility index (Phi) is 6.48. The van der Waals surface area contributed by atoms with E-state index < -0.39 is 5.91 Å². The van der Waals surface area contributed by atoms with Crippen molar-refractivity contribution in [3.63, 3.8) is 0 Å². The molecule has 0 saturated heterocycles. The molecule has 24 heavy (non-hydrogen) atoms. The Hall–Kier alpha value is -2.22. The summed E-state index contributed by atoms with van der Waals surface area (Å²) in [6.07, 6.45) is 3.24. The van der Waals surface area contributed by atoms with E-state index in [2.05, 4.69) is 5.32 Å². The first-order valence-electron chi connectivity index (χ1n) is 7.50. The maximum Gasteiger partial charge on any atom is 0.262 e. The van der Waals surface area contributed by atoms with Crippen molar-refractivity contribution >= 4 is 35.2 Å². The Balaban J connectivity index is 2.21. The smallest absolute Gasteiger partial charge is 0.262 e. The Morgan fingerprint density at radius 3 is 2.83 bits per heavy atom. The lowest BCUT2D eigenvalue weighted by molar-refractivity contribution is -0.117. The third-order valence-electron chi connectivity index (χ3n) is 3.29. The molecular weight excluding hydrogens is 347 g/mol. The molecule has 124 valence electrons. The molecule has 1 amide bonds. The number of carbonyl (C=O) groups is 1. The van der Waals surface area contributed by atoms with Crippen molar-refractivity contribution in [2.24, 2.45) is 0 Å². The molecule has 0 spiro atoms. The molecule has 6 heteroatoms. The molecule has 1 heterocycles. The van der Waals surface area contributed by atoms with Gasteiger partial charge in [-0.25, -0.2) is 0 Å². The minimum atomic E-state index is -0.412. The van der Waals surface area contributed by atoms with E-state index in [1.165, 1.54) is 6.08 Å². The van der Waals surface area contributed by atoms with Gasteiger partial charge in [0.1, 0.15) is 23.2 Å². The lowest BCUT2D eigenvalue weighted by Gasteiger charge is -2.02. The first-order chi connectivity index (χ1) is 11.5. The van der Waals surface area contributed by atoms with Crippen molar-refractivity contribution < 1.29 is 9.21 Å². The van der Waals surface area contributed by atoms with Crippen molar-refractivity contribution in [3.05, 3.63) is 51.7 Å². The number of furan rings is 1. The Bertz CT molecular complexity index is 804. The molecule has 0 unspecified atom stereocenters. The maximum atomic E-state index is 11.9. The molecule has 0 saturated carbocycles. The highest BCUT2D eigenvalue weighted by atomic mass is 35.5. The van der Waals surface area contributed by atoms with Crippen molar-refractivity contribution in [2.45, 2.75) is 19.8 Å². The summed E-state index contributed by atoms with van der Waals surface area (Å²) in [7, 11) is 0. The van der Waals surface area contributed by atoms with Gasteiger partial charge >= 0.3 is 0 Å². The molecule has 1 aromatic heterocycles. The average Bonchev–Trinajstić information content (AvgIpc) is 3.03. The van der Waals surface area contributed by atoms with E-state index in [-0.39, 0.29) is 5.57 Å². The van der Waals surface area contributed by atoms with Gasteiger partial charge in [0.25, 0.3) is 5.91 Å². The second-order valence-corrected chi connectivity index (χ2v) is 5.95. The molecular formula is C18H16Cl2N2O2. The molecule has 1 N–H and O–H groups in total. The van der Waals surface area contributed by atoms with Gasteiger partial charge in [-0.15, -0.1) is 0 Å². The quantitative estimate of drug-likeness (QED) is 0.442. The Labute approximate surface area is 150 Å². The molecule has 2 rings (SSSR count). The first-order valence-corrected chi connectivity index (χ1v) is 8.26. The van der Waals surface area contributed by atoms with Crippen LogP contribution in [0.4, 0.5) is 0 Å². The Morgan fingerprint density at radius 1 is 1.33 bits per heavy atom. The van der Waals surface area contributed by atoms with Crippen LogP contribution < -0.4 is 5.32 Å². The summed E-state index contributed by atoms with van der Waals surface area (Å²) in [6, 6.07) is 10.3. The lowest BCUT2D eigenvalue weighted by Crippen LogP contribution is -2.25. The summed E-state index contributed by atoms with van der Waals surface area (Å²) in [6.45, 7) is 2.56. The third-order valence-corrected chi connectivity index (χ3v) is 3.85. The van der Waals surface area contributed by atoms with Gasteiger partial charge in [-0.2, -0.15) is 5.26 Å². The van der Waals surface area contributed by atoms with E-state index in [4.69, 9.17) is 32.9 Å². The van der Waals surface area contributed by atoms with Crippen LogP contribution in [-0.2, 0) is 4.79 Å². The van der Waals surface area contributed by atoms with E-state index in [0.717, 1.165) is 12.8 Å². The van der Waals surface area contributed by atoms with E-state index in [1.54, 1.807) is 30.3 Å². The van der Waals surface area contributed by atoms with E-state index in [9.17, 15) is 4.79 Å². The number of nitriles is 1. The molecule has 0 aliphatic rings. The van der Waals surface area contributed by atoms with Crippen LogP contribution in [-0.4, -0.2) is 12.5 Å². The normalized spacial score (nSPS) is 11.2. The van der Waals surface area contributed by atoms with E-state index in [1.807, 2.05) is 13.0 Å². The number of benzene rings is 1. The van der Waals surface area contributed by atoms with Crippen LogP contribution in [0.25, 0.3) is 17.4 Å². The molecule has 2 aromatic rings. The highest BCUT2D eigenvalue weighted by molar-refractivity contribution is 6.35. The summed E-state index contributed by atoms with van der Waals surface area (Å²) in [5.41, 5.74) is 0.638. The zero-order chi connectivity index (χ0) is 17.5. The van der Waals surface area contributed by atoms with Gasteiger partial charge < -0.3 is 9.73 Å². The molecule has 0 bridgehead atoms. The van der Waals surface area contributed by atoms with E-state index in [0.29, 0.717) is 33.7 Å². The molecule has 4 nitrogen and oxygen atoms in total. The van der Waals surface area contributed by atoms with Crippen LogP contribution in [0.2, 0.25) is 10.0 Å². The largest absolute Gasteiger partial charge is 0.457 e. The van der Waals surface area contributed by atoms with E-state index >= 15 is 0 Å². The molecule has 1 aromatic carbocycles. The SMILES string of the molecule is CCCCNC(=O)/C(C#N)=C/c1ccc(-c2cc(Cl)ccc2Cl)o1. The standard InChI is InChI=1S/C18H16Cl2N2O2/c1-2-3-8-22-18(23)12(11-21)9-14-5-7-17(24-14)15-10-13(19)4-6-16(15)20/h4-7,9-10H,2-3,8H2,1H3,(H,22,23)/b12-9+. The van der Waals surface area contributed by atoms with Gasteiger partial charge in [0.2, 0.25) is 0 Å². The van der Waals surface area contributed by atoms with Gasteiger partial charge in [-0.1, -0.05) is 36.5 Å². The van der Waals surface area contributed by atoms with Crippen LogP contribution in [0.3, 0.4) is 0 Å². The molecule has 0 fully saturated rings. The first kappa shape index (κ1) is 18.1. The summed E-state index contributed by atoms with van der Waals surface area (Å²) < 4.78 is 5.66. The topological polar surface area (TPSA) is 66.0 Å². The number of carbonyl (C=O) groups excluding carboxylic acids is 1. The number of unbranched alkanes of at least 4 members (excludes halogenated alkanes) is 1. The average molecular weight is 363 g/mol. The van der Waals surface area contributed by atoms with Gasteiger partial charge in [-0.3, -0.25) is 4.79 Å². The fourth-order valence-electron chi connectivity index (χ4n) is 2.03. The second kappa shape index (κ2) is 8.58.